The van der Waals surface area contributed by atoms with Crippen molar-refractivity contribution in [2.24, 2.45) is 10.8 Å². The van der Waals surface area contributed by atoms with Gasteiger partial charge in [0.15, 0.2) is 0 Å². The minimum absolute atomic E-state index is 0.000256. The molecule has 6 rings (SSSR count). The zero-order valence-electron chi connectivity index (χ0n) is 16.9. The van der Waals surface area contributed by atoms with Crippen molar-refractivity contribution in [3.63, 3.8) is 0 Å². The van der Waals surface area contributed by atoms with Gasteiger partial charge in [-0.3, -0.25) is 0 Å². The first-order valence-corrected chi connectivity index (χ1v) is 10.5. The van der Waals surface area contributed by atoms with Gasteiger partial charge in [-0.25, -0.2) is 0 Å². The number of fused-ring (bicyclic) bond motifs is 6. The molecular weight excluding hydrogens is 348 g/mol. The van der Waals surface area contributed by atoms with Crippen molar-refractivity contribution < 1.29 is 0 Å². The minimum Gasteiger partial charge on any atom is -0.0741 e. The predicted octanol–water partition coefficient (Wildman–Crippen LogP) is 7.49. The van der Waals surface area contributed by atoms with Crippen molar-refractivity contribution in [2.75, 3.05) is 0 Å². The van der Waals surface area contributed by atoms with Gasteiger partial charge in [0, 0.05) is 10.8 Å². The van der Waals surface area contributed by atoms with Gasteiger partial charge in [-0.2, -0.15) is 0 Å². The van der Waals surface area contributed by atoms with Gasteiger partial charge in [0.25, 0.3) is 0 Å². The Bertz CT molecular complexity index is 1140. The van der Waals surface area contributed by atoms with Crippen molar-refractivity contribution in [1.29, 1.82) is 0 Å². The van der Waals surface area contributed by atoms with Crippen LogP contribution in [0.15, 0.2) is 96.1 Å². The van der Waals surface area contributed by atoms with Crippen molar-refractivity contribution in [3.8, 4) is 0 Å². The highest BCUT2D eigenvalue weighted by Crippen LogP contribution is 2.57. The second-order valence-electron chi connectivity index (χ2n) is 9.18. The third kappa shape index (κ3) is 2.32. The third-order valence-electron chi connectivity index (χ3n) is 7.10. The Labute approximate surface area is 173 Å². The second-order valence-corrected chi connectivity index (χ2v) is 9.18. The topological polar surface area (TPSA) is 0 Å². The number of benzene rings is 2. The van der Waals surface area contributed by atoms with Crippen molar-refractivity contribution >= 4 is 23.3 Å². The Balaban J connectivity index is 1.41. The first kappa shape index (κ1) is 16.8. The fourth-order valence-electron chi connectivity index (χ4n) is 5.76. The molecule has 0 spiro atoms. The van der Waals surface area contributed by atoms with Crippen LogP contribution in [0.2, 0.25) is 0 Å². The average Bonchev–Trinajstić information content (AvgIpc) is 3.29. The average molecular weight is 373 g/mol. The fraction of sp³-hybridized carbons (Fsp3) is 0.172. The second kappa shape index (κ2) is 5.70. The molecule has 0 radical (unpaired) electrons. The Morgan fingerprint density at radius 3 is 1.55 bits per heavy atom. The summed E-state index contributed by atoms with van der Waals surface area (Å²) in [6, 6.07) is 17.6. The van der Waals surface area contributed by atoms with Crippen molar-refractivity contribution in [3.05, 3.63) is 118 Å². The molecule has 0 saturated heterocycles. The Hall–Kier alpha value is -3.12. The summed E-state index contributed by atoms with van der Waals surface area (Å²) < 4.78 is 0. The van der Waals surface area contributed by atoms with E-state index in [9.17, 15) is 0 Å². The highest BCUT2D eigenvalue weighted by Gasteiger charge is 2.43. The number of rotatable bonds is 2. The van der Waals surface area contributed by atoms with Crippen LogP contribution in [0.3, 0.4) is 0 Å². The van der Waals surface area contributed by atoms with Crippen LogP contribution < -0.4 is 0 Å². The Kier molecular flexibility index (Phi) is 3.30. The largest absolute Gasteiger partial charge is 0.0741 e. The molecule has 0 fully saturated rings. The molecule has 4 aliphatic carbocycles. The smallest absolute Gasteiger partial charge is 0.0124 e. The maximum atomic E-state index is 2.41. The molecule has 0 bridgehead atoms. The summed E-state index contributed by atoms with van der Waals surface area (Å²) in [5.41, 5.74) is 11.2. The number of hydrogen-bond acceptors (Lipinski definition) is 0. The van der Waals surface area contributed by atoms with E-state index in [1.807, 2.05) is 0 Å². The first-order valence-electron chi connectivity index (χ1n) is 10.5. The molecule has 0 saturated carbocycles. The molecule has 0 N–H and O–H groups in total. The van der Waals surface area contributed by atoms with Crippen LogP contribution in [0.5, 0.6) is 0 Å². The maximum Gasteiger partial charge on any atom is 0.0124 e. The quantitative estimate of drug-likeness (QED) is 0.512. The van der Waals surface area contributed by atoms with Crippen LogP contribution in [0.4, 0.5) is 0 Å². The molecule has 0 amide bonds. The van der Waals surface area contributed by atoms with Gasteiger partial charge in [-0.1, -0.05) is 98.8 Å². The van der Waals surface area contributed by atoms with Crippen molar-refractivity contribution in [2.45, 2.75) is 20.3 Å². The van der Waals surface area contributed by atoms with E-state index in [1.54, 1.807) is 0 Å². The summed E-state index contributed by atoms with van der Waals surface area (Å²) in [4.78, 5) is 0. The number of allylic oxidation sites excluding steroid dienone is 10. The standard InChI is InChI=1S/C29H24/c1-28(15-7-13-24-22-11-5-3-9-20(22)17-26(24)28)19-29(2)16-8-14-25-23-12-6-4-10-21(23)18-27(25)29/h3-18H,19H2,1-2H3. The normalized spacial score (nSPS) is 27.9. The summed E-state index contributed by atoms with van der Waals surface area (Å²) in [7, 11) is 0. The summed E-state index contributed by atoms with van der Waals surface area (Å²) in [5.74, 6) is 0. The highest BCUT2D eigenvalue weighted by atomic mass is 14.5. The third-order valence-corrected chi connectivity index (χ3v) is 7.10. The fourth-order valence-corrected chi connectivity index (χ4v) is 5.76. The minimum atomic E-state index is 0.000256. The summed E-state index contributed by atoms with van der Waals surface area (Å²) in [5, 5.41) is 0. The summed E-state index contributed by atoms with van der Waals surface area (Å²) in [6.07, 6.45) is 19.8. The van der Waals surface area contributed by atoms with Crippen LogP contribution in [0, 0.1) is 10.8 Å². The molecule has 0 heteroatoms. The molecule has 4 aliphatic rings. The predicted molar refractivity (Wildman–Crippen MR) is 124 cm³/mol. The molecular formula is C29H24. The van der Waals surface area contributed by atoms with Gasteiger partial charge in [-0.15, -0.1) is 0 Å². The highest BCUT2D eigenvalue weighted by molar-refractivity contribution is 5.99. The van der Waals surface area contributed by atoms with Crippen molar-refractivity contribution in [1.82, 2.24) is 0 Å². The van der Waals surface area contributed by atoms with Crippen LogP contribution >= 0.6 is 0 Å². The maximum absolute atomic E-state index is 2.41. The lowest BCUT2D eigenvalue weighted by atomic mass is 9.62. The van der Waals surface area contributed by atoms with Crippen LogP contribution in [-0.4, -0.2) is 0 Å². The van der Waals surface area contributed by atoms with E-state index in [2.05, 4.69) is 111 Å². The van der Waals surface area contributed by atoms with E-state index >= 15 is 0 Å². The molecule has 2 unspecified atom stereocenters. The molecule has 2 aromatic carbocycles. The zero-order valence-corrected chi connectivity index (χ0v) is 16.9. The molecule has 140 valence electrons. The van der Waals surface area contributed by atoms with Gasteiger partial charge < -0.3 is 0 Å². The van der Waals surface area contributed by atoms with Crippen LogP contribution in [0.1, 0.15) is 42.5 Å². The molecule has 0 aromatic heterocycles. The van der Waals surface area contributed by atoms with E-state index < -0.39 is 0 Å². The molecule has 2 aromatic rings. The molecule has 2 atom stereocenters. The Morgan fingerprint density at radius 2 is 1.07 bits per heavy atom. The monoisotopic (exact) mass is 372 g/mol. The van der Waals surface area contributed by atoms with Gasteiger partial charge in [0.05, 0.1) is 0 Å². The van der Waals surface area contributed by atoms with Gasteiger partial charge in [-0.05, 0) is 63.1 Å². The van der Waals surface area contributed by atoms with Crippen LogP contribution in [-0.2, 0) is 0 Å². The molecule has 0 aliphatic heterocycles. The van der Waals surface area contributed by atoms with E-state index in [0.29, 0.717) is 0 Å². The van der Waals surface area contributed by atoms with E-state index in [0.717, 1.165) is 6.42 Å². The SMILES string of the molecule is CC1(CC2(C)C=CC=C3C2=Cc2ccccc23)C=CC=C2C1=Cc1ccccc12. The first-order chi connectivity index (χ1) is 14.1. The van der Waals surface area contributed by atoms with E-state index in [4.69, 9.17) is 0 Å². The lowest BCUT2D eigenvalue weighted by Gasteiger charge is -2.41. The molecule has 0 heterocycles. The summed E-state index contributed by atoms with van der Waals surface area (Å²) >= 11 is 0. The zero-order chi connectivity index (χ0) is 19.6. The lowest BCUT2D eigenvalue weighted by molar-refractivity contribution is 0.344. The van der Waals surface area contributed by atoms with E-state index in [-0.39, 0.29) is 10.8 Å². The van der Waals surface area contributed by atoms with Gasteiger partial charge >= 0.3 is 0 Å². The van der Waals surface area contributed by atoms with Gasteiger partial charge in [0.1, 0.15) is 0 Å². The number of hydrogen-bond donors (Lipinski definition) is 0. The van der Waals surface area contributed by atoms with E-state index in [1.165, 1.54) is 44.5 Å². The lowest BCUT2D eigenvalue weighted by Crippen LogP contribution is -2.30. The van der Waals surface area contributed by atoms with Crippen LogP contribution in [0.25, 0.3) is 23.3 Å². The summed E-state index contributed by atoms with van der Waals surface area (Å²) in [6.45, 7) is 4.82. The van der Waals surface area contributed by atoms with Gasteiger partial charge in [0.2, 0.25) is 0 Å². The Morgan fingerprint density at radius 1 is 0.621 bits per heavy atom. The molecule has 0 nitrogen and oxygen atoms in total. The molecule has 29 heavy (non-hydrogen) atoms.